The Balaban J connectivity index is 1.64. The first-order valence-corrected chi connectivity index (χ1v) is 7.84. The summed E-state index contributed by atoms with van der Waals surface area (Å²) in [6, 6.07) is 2.01. The highest BCUT2D eigenvalue weighted by atomic mass is 16.5. The van der Waals surface area contributed by atoms with Gasteiger partial charge in [0.25, 0.3) is 0 Å². The highest BCUT2D eigenvalue weighted by Crippen LogP contribution is 2.26. The van der Waals surface area contributed by atoms with Gasteiger partial charge in [0.1, 0.15) is 6.33 Å². The Morgan fingerprint density at radius 3 is 2.91 bits per heavy atom. The molecule has 0 amide bonds. The smallest absolute Gasteiger partial charge is 0.232 e. The van der Waals surface area contributed by atoms with Crippen molar-refractivity contribution in [2.45, 2.75) is 51.5 Å². The quantitative estimate of drug-likeness (QED) is 0.868. The van der Waals surface area contributed by atoms with Gasteiger partial charge in [-0.15, -0.1) is 0 Å². The van der Waals surface area contributed by atoms with E-state index in [2.05, 4.69) is 45.8 Å². The molecule has 118 valence electrons. The first-order chi connectivity index (χ1) is 10.5. The van der Waals surface area contributed by atoms with Crippen LogP contribution < -0.4 is 0 Å². The summed E-state index contributed by atoms with van der Waals surface area (Å²) < 4.78 is 5.37. The summed E-state index contributed by atoms with van der Waals surface area (Å²) in [7, 11) is 0. The van der Waals surface area contributed by atoms with Crippen molar-refractivity contribution < 1.29 is 4.52 Å². The van der Waals surface area contributed by atoms with Crippen LogP contribution in [-0.4, -0.2) is 38.1 Å². The van der Waals surface area contributed by atoms with Crippen LogP contribution in [0.5, 0.6) is 0 Å². The molecule has 6 nitrogen and oxygen atoms in total. The maximum Gasteiger partial charge on any atom is 0.232 e. The zero-order valence-corrected chi connectivity index (χ0v) is 13.5. The van der Waals surface area contributed by atoms with E-state index >= 15 is 0 Å². The second kappa shape index (κ2) is 6.12. The maximum absolute atomic E-state index is 5.37. The van der Waals surface area contributed by atoms with Crippen molar-refractivity contribution in [1.82, 2.24) is 25.0 Å². The van der Waals surface area contributed by atoms with Crippen LogP contribution in [0.4, 0.5) is 0 Å². The van der Waals surface area contributed by atoms with E-state index < -0.39 is 0 Å². The molecule has 2 aromatic heterocycles. The molecule has 1 atom stereocenters. The summed E-state index contributed by atoms with van der Waals surface area (Å²) in [5, 5.41) is 4.12. The SMILES string of the molecule is CC(C)(C)c1nc(CN2CCCC(c3ccncn3)C2)no1. The van der Waals surface area contributed by atoms with Crippen molar-refractivity contribution in [3.05, 3.63) is 36.0 Å². The van der Waals surface area contributed by atoms with Crippen molar-refractivity contribution in [1.29, 1.82) is 0 Å². The molecule has 22 heavy (non-hydrogen) atoms. The second-order valence-corrected chi connectivity index (χ2v) is 6.97. The topological polar surface area (TPSA) is 67.9 Å². The molecule has 3 heterocycles. The van der Waals surface area contributed by atoms with Gasteiger partial charge in [0.15, 0.2) is 5.82 Å². The Bertz CT molecular complexity index is 604. The van der Waals surface area contributed by atoms with Crippen molar-refractivity contribution >= 4 is 0 Å². The van der Waals surface area contributed by atoms with Gasteiger partial charge in [-0.05, 0) is 25.5 Å². The van der Waals surface area contributed by atoms with Gasteiger partial charge in [-0.1, -0.05) is 25.9 Å². The van der Waals surface area contributed by atoms with Gasteiger partial charge in [0, 0.05) is 29.8 Å². The summed E-state index contributed by atoms with van der Waals surface area (Å²) in [6.45, 7) is 9.03. The molecule has 0 radical (unpaired) electrons. The number of aromatic nitrogens is 4. The highest BCUT2D eigenvalue weighted by Gasteiger charge is 2.25. The van der Waals surface area contributed by atoms with Gasteiger partial charge in [0.2, 0.25) is 5.89 Å². The van der Waals surface area contributed by atoms with Gasteiger partial charge in [-0.3, -0.25) is 4.90 Å². The summed E-state index contributed by atoms with van der Waals surface area (Å²) in [5.74, 6) is 1.94. The number of hydrogen-bond donors (Lipinski definition) is 0. The lowest BCUT2D eigenvalue weighted by atomic mass is 9.94. The molecule has 1 aliphatic heterocycles. The minimum Gasteiger partial charge on any atom is -0.339 e. The zero-order valence-electron chi connectivity index (χ0n) is 13.5. The van der Waals surface area contributed by atoms with Gasteiger partial charge in [-0.25, -0.2) is 9.97 Å². The van der Waals surface area contributed by atoms with Gasteiger partial charge >= 0.3 is 0 Å². The van der Waals surface area contributed by atoms with E-state index in [1.807, 2.05) is 12.3 Å². The molecule has 2 aromatic rings. The number of nitrogens with zero attached hydrogens (tertiary/aromatic N) is 5. The summed E-state index contributed by atoms with van der Waals surface area (Å²) in [6.07, 6.45) is 5.78. The standard InChI is InChI=1S/C16H23N5O/c1-16(2,3)15-19-14(20-22-15)10-21-8-4-5-12(9-21)13-6-7-17-11-18-13/h6-7,11-12H,4-5,8-10H2,1-3H3. The summed E-state index contributed by atoms with van der Waals surface area (Å²) >= 11 is 0. The molecular weight excluding hydrogens is 278 g/mol. The molecule has 3 rings (SSSR count). The van der Waals surface area contributed by atoms with Crippen LogP contribution in [0, 0.1) is 0 Å². The predicted molar refractivity (Wildman–Crippen MR) is 82.3 cm³/mol. The lowest BCUT2D eigenvalue weighted by molar-refractivity contribution is 0.191. The minimum atomic E-state index is -0.101. The van der Waals surface area contributed by atoms with Crippen molar-refractivity contribution in [3.8, 4) is 0 Å². The van der Waals surface area contributed by atoms with Crippen LogP contribution in [0.15, 0.2) is 23.1 Å². The van der Waals surface area contributed by atoms with E-state index in [-0.39, 0.29) is 5.41 Å². The third-order valence-electron chi connectivity index (χ3n) is 4.00. The molecule has 1 saturated heterocycles. The number of likely N-dealkylation sites (tertiary alicyclic amines) is 1. The van der Waals surface area contributed by atoms with Crippen molar-refractivity contribution in [3.63, 3.8) is 0 Å². The molecule has 0 bridgehead atoms. The normalized spacial score (nSPS) is 20.2. The van der Waals surface area contributed by atoms with Gasteiger partial charge in [0.05, 0.1) is 6.54 Å². The average molecular weight is 301 g/mol. The second-order valence-electron chi connectivity index (χ2n) is 6.97. The number of hydrogen-bond acceptors (Lipinski definition) is 6. The predicted octanol–water partition coefficient (Wildman–Crippen LogP) is 2.54. The Kier molecular flexibility index (Phi) is 4.20. The first kappa shape index (κ1) is 15.1. The molecule has 0 aromatic carbocycles. The molecule has 0 spiro atoms. The Morgan fingerprint density at radius 2 is 2.23 bits per heavy atom. The maximum atomic E-state index is 5.37. The first-order valence-electron chi connectivity index (χ1n) is 7.84. The summed E-state index contributed by atoms with van der Waals surface area (Å²) in [5.41, 5.74) is 1.03. The van der Waals surface area contributed by atoms with Crippen molar-refractivity contribution in [2.24, 2.45) is 0 Å². The molecule has 1 aliphatic rings. The molecule has 1 unspecified atom stereocenters. The highest BCUT2D eigenvalue weighted by molar-refractivity contribution is 5.08. The molecular formula is C16H23N5O. The van der Waals surface area contributed by atoms with E-state index in [0.29, 0.717) is 11.8 Å². The fraction of sp³-hybridized carbons (Fsp3) is 0.625. The zero-order chi connectivity index (χ0) is 15.6. The van der Waals surface area contributed by atoms with Crippen LogP contribution in [0.25, 0.3) is 0 Å². The van der Waals surface area contributed by atoms with E-state index in [4.69, 9.17) is 4.52 Å². The van der Waals surface area contributed by atoms with Crippen molar-refractivity contribution in [2.75, 3.05) is 13.1 Å². The largest absolute Gasteiger partial charge is 0.339 e. The monoisotopic (exact) mass is 301 g/mol. The third kappa shape index (κ3) is 3.50. The summed E-state index contributed by atoms with van der Waals surface area (Å²) in [4.78, 5) is 15.3. The molecule has 0 N–H and O–H groups in total. The fourth-order valence-corrected chi connectivity index (χ4v) is 2.81. The number of piperidine rings is 1. The third-order valence-corrected chi connectivity index (χ3v) is 4.00. The van der Waals surface area contributed by atoms with Crippen LogP contribution in [0.3, 0.4) is 0 Å². The van der Waals surface area contributed by atoms with Crippen LogP contribution in [0.1, 0.15) is 56.9 Å². The van der Waals surface area contributed by atoms with E-state index in [0.717, 1.165) is 31.2 Å². The Labute approximate surface area is 131 Å². The average Bonchev–Trinajstić information content (AvgIpc) is 2.97. The Hall–Kier alpha value is -1.82. The number of rotatable bonds is 3. The molecule has 1 fully saturated rings. The van der Waals surface area contributed by atoms with Crippen LogP contribution in [0.2, 0.25) is 0 Å². The van der Waals surface area contributed by atoms with Crippen LogP contribution >= 0.6 is 0 Å². The van der Waals surface area contributed by atoms with Crippen LogP contribution in [-0.2, 0) is 12.0 Å². The fourth-order valence-electron chi connectivity index (χ4n) is 2.81. The molecule has 6 heteroatoms. The lowest BCUT2D eigenvalue weighted by Gasteiger charge is -2.31. The lowest BCUT2D eigenvalue weighted by Crippen LogP contribution is -2.34. The Morgan fingerprint density at radius 1 is 1.36 bits per heavy atom. The van der Waals surface area contributed by atoms with E-state index in [1.54, 1.807) is 6.33 Å². The van der Waals surface area contributed by atoms with Gasteiger partial charge in [-0.2, -0.15) is 4.98 Å². The molecule has 0 saturated carbocycles. The minimum absolute atomic E-state index is 0.101. The van der Waals surface area contributed by atoms with E-state index in [1.165, 1.54) is 12.8 Å². The molecule has 0 aliphatic carbocycles. The van der Waals surface area contributed by atoms with E-state index in [9.17, 15) is 0 Å². The van der Waals surface area contributed by atoms with Gasteiger partial charge < -0.3 is 4.52 Å².